The molecule has 1 aromatic rings. The molecule has 0 saturated carbocycles. The van der Waals surface area contributed by atoms with Gasteiger partial charge in [-0.3, -0.25) is 0 Å². The van der Waals surface area contributed by atoms with Crippen molar-refractivity contribution in [3.05, 3.63) is 35.9 Å². The predicted molar refractivity (Wildman–Crippen MR) is 62.7 cm³/mol. The van der Waals surface area contributed by atoms with Gasteiger partial charge in [-0.1, -0.05) is 32.1 Å². The number of carbonyl (C=O) groups excluding carboxylic acids is 1. The molecular formula is C13H15NO. The zero-order valence-corrected chi connectivity index (χ0v) is 9.32. The number of hydrogen-bond donors (Lipinski definition) is 0. The Morgan fingerprint density at radius 3 is 2.80 bits per heavy atom. The summed E-state index contributed by atoms with van der Waals surface area (Å²) in [6.45, 7) is 6.33. The van der Waals surface area contributed by atoms with Crippen LogP contribution in [0, 0.1) is 5.92 Å². The summed E-state index contributed by atoms with van der Waals surface area (Å²) in [6, 6.07) is 7.58. The lowest BCUT2D eigenvalue weighted by Gasteiger charge is -2.04. The van der Waals surface area contributed by atoms with E-state index < -0.39 is 0 Å². The van der Waals surface area contributed by atoms with E-state index in [4.69, 9.17) is 0 Å². The first kappa shape index (κ1) is 11.4. The van der Waals surface area contributed by atoms with E-state index >= 15 is 0 Å². The zero-order valence-electron chi connectivity index (χ0n) is 9.32. The van der Waals surface area contributed by atoms with Crippen LogP contribution in [0.25, 0.3) is 5.57 Å². The van der Waals surface area contributed by atoms with Gasteiger partial charge in [0.1, 0.15) is 0 Å². The molecule has 0 aromatic heterocycles. The standard InChI is InChI=1S/C13H15NO/c1-10(2)7-11(3)12-5-4-6-13(8-12)14-9-15/h4-8,10H,1-3H3. The predicted octanol–water partition coefficient (Wildman–Crippen LogP) is 3.71. The number of isocyanates is 1. The fourth-order valence-corrected chi connectivity index (χ4v) is 1.47. The highest BCUT2D eigenvalue weighted by Crippen LogP contribution is 2.21. The number of allylic oxidation sites excluding steroid dienone is 2. The molecule has 78 valence electrons. The Morgan fingerprint density at radius 1 is 1.47 bits per heavy atom. The van der Waals surface area contributed by atoms with Crippen molar-refractivity contribution in [3.8, 4) is 0 Å². The molecule has 2 nitrogen and oxygen atoms in total. The van der Waals surface area contributed by atoms with Gasteiger partial charge in [-0.05, 0) is 36.1 Å². The van der Waals surface area contributed by atoms with Gasteiger partial charge in [0.2, 0.25) is 6.08 Å². The summed E-state index contributed by atoms with van der Waals surface area (Å²) in [6.07, 6.45) is 3.73. The van der Waals surface area contributed by atoms with E-state index in [1.165, 1.54) is 5.57 Å². The lowest BCUT2D eigenvalue weighted by molar-refractivity contribution is 0.565. The van der Waals surface area contributed by atoms with Crippen LogP contribution in [0.15, 0.2) is 35.3 Å². The van der Waals surface area contributed by atoms with Gasteiger partial charge in [0.25, 0.3) is 0 Å². The molecule has 0 aliphatic heterocycles. The Hall–Kier alpha value is -1.66. The maximum Gasteiger partial charge on any atom is 0.240 e. The second kappa shape index (κ2) is 5.28. The maximum atomic E-state index is 10.1. The van der Waals surface area contributed by atoms with Crippen molar-refractivity contribution in [1.29, 1.82) is 0 Å². The monoisotopic (exact) mass is 201 g/mol. The van der Waals surface area contributed by atoms with Crippen molar-refractivity contribution in [3.63, 3.8) is 0 Å². The Kier molecular flexibility index (Phi) is 4.02. The van der Waals surface area contributed by atoms with Crippen LogP contribution in [0.4, 0.5) is 5.69 Å². The topological polar surface area (TPSA) is 29.4 Å². The summed E-state index contributed by atoms with van der Waals surface area (Å²) in [7, 11) is 0. The van der Waals surface area contributed by atoms with E-state index in [1.54, 1.807) is 12.1 Å². The molecular weight excluding hydrogens is 186 g/mol. The largest absolute Gasteiger partial charge is 0.240 e. The van der Waals surface area contributed by atoms with Gasteiger partial charge in [-0.2, -0.15) is 4.99 Å². The van der Waals surface area contributed by atoms with Crippen LogP contribution in [0.3, 0.4) is 0 Å². The molecule has 1 aromatic carbocycles. The number of hydrogen-bond acceptors (Lipinski definition) is 2. The molecule has 0 unspecified atom stereocenters. The van der Waals surface area contributed by atoms with Gasteiger partial charge in [-0.15, -0.1) is 0 Å². The molecule has 0 aliphatic carbocycles. The molecule has 15 heavy (non-hydrogen) atoms. The van der Waals surface area contributed by atoms with Crippen LogP contribution in [0.1, 0.15) is 26.3 Å². The number of rotatable bonds is 3. The Bertz CT molecular complexity index is 412. The fraction of sp³-hybridized carbons (Fsp3) is 0.308. The Balaban J connectivity index is 3.05. The summed E-state index contributed by atoms with van der Waals surface area (Å²) < 4.78 is 0. The normalized spacial score (nSPS) is 11.3. The summed E-state index contributed by atoms with van der Waals surface area (Å²) in [5.74, 6) is 0.517. The van der Waals surface area contributed by atoms with E-state index in [0.717, 1.165) is 5.56 Å². The van der Waals surface area contributed by atoms with Crippen molar-refractivity contribution < 1.29 is 4.79 Å². The fourth-order valence-electron chi connectivity index (χ4n) is 1.47. The molecule has 0 amide bonds. The third-order valence-electron chi connectivity index (χ3n) is 2.06. The van der Waals surface area contributed by atoms with Crippen LogP contribution in [-0.4, -0.2) is 6.08 Å². The molecule has 0 bridgehead atoms. The molecule has 0 saturated heterocycles. The van der Waals surface area contributed by atoms with Crippen LogP contribution in [0.2, 0.25) is 0 Å². The zero-order chi connectivity index (χ0) is 11.3. The molecule has 0 aliphatic rings. The van der Waals surface area contributed by atoms with Crippen LogP contribution in [0.5, 0.6) is 0 Å². The molecule has 0 radical (unpaired) electrons. The average Bonchev–Trinajstić information content (AvgIpc) is 2.17. The summed E-state index contributed by atoms with van der Waals surface area (Å²) in [5, 5.41) is 0. The summed E-state index contributed by atoms with van der Waals surface area (Å²) in [5.41, 5.74) is 2.95. The Morgan fingerprint density at radius 2 is 2.20 bits per heavy atom. The van der Waals surface area contributed by atoms with E-state index in [-0.39, 0.29) is 0 Å². The van der Waals surface area contributed by atoms with Gasteiger partial charge in [0.15, 0.2) is 0 Å². The minimum absolute atomic E-state index is 0.517. The van der Waals surface area contributed by atoms with Crippen molar-refractivity contribution in [2.45, 2.75) is 20.8 Å². The second-order valence-corrected chi connectivity index (χ2v) is 3.85. The molecule has 0 atom stereocenters. The third-order valence-corrected chi connectivity index (χ3v) is 2.06. The third kappa shape index (κ3) is 3.53. The van der Waals surface area contributed by atoms with Crippen LogP contribution >= 0.6 is 0 Å². The molecule has 0 spiro atoms. The van der Waals surface area contributed by atoms with Crippen molar-refractivity contribution in [1.82, 2.24) is 0 Å². The average molecular weight is 201 g/mol. The van der Waals surface area contributed by atoms with Gasteiger partial charge >= 0.3 is 0 Å². The van der Waals surface area contributed by atoms with Gasteiger partial charge in [-0.25, -0.2) is 4.79 Å². The highest BCUT2D eigenvalue weighted by molar-refractivity contribution is 5.67. The molecule has 1 rings (SSSR count). The molecule has 0 heterocycles. The van der Waals surface area contributed by atoms with E-state index in [0.29, 0.717) is 11.6 Å². The first-order valence-corrected chi connectivity index (χ1v) is 5.00. The minimum atomic E-state index is 0.517. The minimum Gasteiger partial charge on any atom is -0.211 e. The first-order chi connectivity index (χ1) is 7.13. The van der Waals surface area contributed by atoms with E-state index in [1.807, 2.05) is 18.2 Å². The molecule has 0 fully saturated rings. The quantitative estimate of drug-likeness (QED) is 0.541. The SMILES string of the molecule is CC(=CC(C)C)c1cccc(N=C=O)c1. The smallest absolute Gasteiger partial charge is 0.211 e. The van der Waals surface area contributed by atoms with Gasteiger partial charge in [0, 0.05) is 0 Å². The first-order valence-electron chi connectivity index (χ1n) is 5.00. The lowest BCUT2D eigenvalue weighted by Crippen LogP contribution is -1.84. The van der Waals surface area contributed by atoms with Gasteiger partial charge in [0.05, 0.1) is 5.69 Å². The van der Waals surface area contributed by atoms with E-state index in [2.05, 4.69) is 31.8 Å². The van der Waals surface area contributed by atoms with Crippen molar-refractivity contribution in [2.75, 3.05) is 0 Å². The highest BCUT2D eigenvalue weighted by atomic mass is 16.1. The number of nitrogens with zero attached hydrogens (tertiary/aromatic N) is 1. The number of benzene rings is 1. The van der Waals surface area contributed by atoms with Gasteiger partial charge < -0.3 is 0 Å². The summed E-state index contributed by atoms with van der Waals surface area (Å²) in [4.78, 5) is 13.7. The Labute approximate surface area is 90.4 Å². The van der Waals surface area contributed by atoms with Crippen molar-refractivity contribution in [2.24, 2.45) is 10.9 Å². The number of aliphatic imine (C=N–C) groups is 1. The van der Waals surface area contributed by atoms with Crippen molar-refractivity contribution >= 4 is 17.3 Å². The summed E-state index contributed by atoms with van der Waals surface area (Å²) >= 11 is 0. The highest BCUT2D eigenvalue weighted by Gasteiger charge is 1.98. The molecule has 2 heteroatoms. The lowest BCUT2D eigenvalue weighted by atomic mass is 10.0. The maximum absolute atomic E-state index is 10.1. The van der Waals surface area contributed by atoms with E-state index in [9.17, 15) is 4.79 Å². The second-order valence-electron chi connectivity index (χ2n) is 3.85. The van der Waals surface area contributed by atoms with Crippen LogP contribution in [-0.2, 0) is 4.79 Å². The molecule has 0 N–H and O–H groups in total. The van der Waals surface area contributed by atoms with Crippen LogP contribution < -0.4 is 0 Å².